The number of nitrogens with one attached hydrogen (secondary N) is 1. The molecule has 5 heteroatoms. The molecule has 84 valence electrons. The van der Waals surface area contributed by atoms with Crippen molar-refractivity contribution in [2.24, 2.45) is 0 Å². The van der Waals surface area contributed by atoms with Crippen molar-refractivity contribution in [2.75, 3.05) is 25.4 Å². The van der Waals surface area contributed by atoms with Gasteiger partial charge < -0.3 is 5.32 Å². The Labute approximate surface area is 86.7 Å². The highest BCUT2D eigenvalue weighted by molar-refractivity contribution is 7.89. The van der Waals surface area contributed by atoms with E-state index in [0.29, 0.717) is 12.3 Å². The van der Waals surface area contributed by atoms with Gasteiger partial charge >= 0.3 is 0 Å². The summed E-state index contributed by atoms with van der Waals surface area (Å²) in [4.78, 5) is 0. The summed E-state index contributed by atoms with van der Waals surface area (Å²) in [5, 5.41) is 3.10. The minimum atomic E-state index is -3.00. The zero-order valence-corrected chi connectivity index (χ0v) is 9.81. The smallest absolute Gasteiger partial charge is 0.214 e. The first-order valence-electron chi connectivity index (χ1n) is 5.32. The summed E-state index contributed by atoms with van der Waals surface area (Å²) in [6.45, 7) is 6.12. The van der Waals surface area contributed by atoms with Crippen LogP contribution in [0.1, 0.15) is 26.7 Å². The van der Waals surface area contributed by atoms with Crippen LogP contribution in [0.5, 0.6) is 0 Å². The van der Waals surface area contributed by atoms with Crippen LogP contribution < -0.4 is 5.32 Å². The fourth-order valence-electron chi connectivity index (χ4n) is 1.60. The minimum absolute atomic E-state index is 0.196. The van der Waals surface area contributed by atoms with Crippen molar-refractivity contribution in [2.45, 2.75) is 32.7 Å². The number of hydrogen-bond donors (Lipinski definition) is 1. The lowest BCUT2D eigenvalue weighted by Crippen LogP contribution is -2.59. The Bertz CT molecular complexity index is 260. The van der Waals surface area contributed by atoms with Gasteiger partial charge in [-0.05, 0) is 6.42 Å². The van der Waals surface area contributed by atoms with E-state index in [9.17, 15) is 8.42 Å². The number of unbranched alkanes of at least 4 members (excludes halogenated alkanes) is 1. The van der Waals surface area contributed by atoms with Crippen LogP contribution in [0.3, 0.4) is 0 Å². The second-order valence-corrected chi connectivity index (χ2v) is 5.73. The normalized spacial score (nSPS) is 18.5. The van der Waals surface area contributed by atoms with Crippen LogP contribution in [0.2, 0.25) is 0 Å². The molecule has 1 rings (SSSR count). The maximum atomic E-state index is 11.9. The van der Waals surface area contributed by atoms with E-state index in [1.165, 1.54) is 0 Å². The molecule has 0 aliphatic carbocycles. The third kappa shape index (κ3) is 2.68. The predicted octanol–water partition coefficient (Wildman–Crippen LogP) is 0.410. The van der Waals surface area contributed by atoms with Crippen molar-refractivity contribution in [3.8, 4) is 0 Å². The fourth-order valence-corrected chi connectivity index (χ4v) is 3.49. The van der Waals surface area contributed by atoms with E-state index in [-0.39, 0.29) is 6.04 Å². The standard InChI is InChI=1S/C9H20N2O2S/c1-3-5-6-14(12,13)11(4-2)9-7-10-8-9/h9-10H,3-8H2,1-2H3. The van der Waals surface area contributed by atoms with Crippen LogP contribution in [-0.2, 0) is 10.0 Å². The van der Waals surface area contributed by atoms with Gasteiger partial charge in [0.25, 0.3) is 0 Å². The van der Waals surface area contributed by atoms with E-state index in [2.05, 4.69) is 5.32 Å². The summed E-state index contributed by atoms with van der Waals surface area (Å²) in [5.74, 6) is 0.299. The molecule has 0 unspecified atom stereocenters. The molecule has 0 aromatic heterocycles. The van der Waals surface area contributed by atoms with Crippen LogP contribution >= 0.6 is 0 Å². The summed E-state index contributed by atoms with van der Waals surface area (Å²) >= 11 is 0. The molecule has 1 fully saturated rings. The number of hydrogen-bond acceptors (Lipinski definition) is 3. The zero-order valence-electron chi connectivity index (χ0n) is 8.99. The third-order valence-corrected chi connectivity index (χ3v) is 4.67. The van der Waals surface area contributed by atoms with Gasteiger partial charge in [-0.2, -0.15) is 4.31 Å². The number of sulfonamides is 1. The average molecular weight is 220 g/mol. The Morgan fingerprint density at radius 1 is 1.36 bits per heavy atom. The minimum Gasteiger partial charge on any atom is -0.313 e. The maximum absolute atomic E-state index is 11.9. The van der Waals surface area contributed by atoms with E-state index in [1.54, 1.807) is 4.31 Å². The lowest BCUT2D eigenvalue weighted by molar-refractivity contribution is 0.249. The van der Waals surface area contributed by atoms with Crippen molar-refractivity contribution in [1.82, 2.24) is 9.62 Å². The van der Waals surface area contributed by atoms with Crippen LogP contribution in [0.4, 0.5) is 0 Å². The monoisotopic (exact) mass is 220 g/mol. The van der Waals surface area contributed by atoms with Gasteiger partial charge in [0.15, 0.2) is 0 Å². The highest BCUT2D eigenvalue weighted by atomic mass is 32.2. The molecule has 0 spiro atoms. The highest BCUT2D eigenvalue weighted by Gasteiger charge is 2.31. The Kier molecular flexibility index (Phi) is 4.34. The Morgan fingerprint density at radius 2 is 2.00 bits per heavy atom. The predicted molar refractivity (Wildman–Crippen MR) is 57.7 cm³/mol. The summed E-state index contributed by atoms with van der Waals surface area (Å²) in [6, 6.07) is 0.196. The molecule has 0 radical (unpaired) electrons. The molecule has 1 heterocycles. The average Bonchev–Trinajstić information content (AvgIpc) is 2.07. The SMILES string of the molecule is CCCCS(=O)(=O)N(CC)C1CNC1. The molecule has 0 amide bonds. The maximum Gasteiger partial charge on any atom is 0.214 e. The Morgan fingerprint density at radius 3 is 2.36 bits per heavy atom. The lowest BCUT2D eigenvalue weighted by Gasteiger charge is -2.36. The summed E-state index contributed by atoms with van der Waals surface area (Å²) in [5.41, 5.74) is 0. The molecule has 0 aromatic carbocycles. The van der Waals surface area contributed by atoms with Gasteiger partial charge in [-0.15, -0.1) is 0 Å². The van der Waals surface area contributed by atoms with Gasteiger partial charge in [0.1, 0.15) is 0 Å². The zero-order chi connectivity index (χ0) is 10.6. The molecule has 0 bridgehead atoms. The number of nitrogens with zero attached hydrogens (tertiary/aromatic N) is 1. The van der Waals surface area contributed by atoms with Crippen molar-refractivity contribution in [3.63, 3.8) is 0 Å². The first kappa shape index (κ1) is 11.9. The molecule has 1 saturated heterocycles. The van der Waals surface area contributed by atoms with E-state index in [4.69, 9.17) is 0 Å². The van der Waals surface area contributed by atoms with E-state index in [1.807, 2.05) is 13.8 Å². The molecule has 1 N–H and O–H groups in total. The van der Waals surface area contributed by atoms with Gasteiger partial charge in [0.05, 0.1) is 5.75 Å². The molecule has 0 atom stereocenters. The Balaban J connectivity index is 2.57. The molecule has 1 aliphatic rings. The molecule has 0 aromatic rings. The summed E-state index contributed by atoms with van der Waals surface area (Å²) in [6.07, 6.45) is 1.69. The molecule has 1 aliphatic heterocycles. The summed E-state index contributed by atoms with van der Waals surface area (Å²) in [7, 11) is -3.00. The highest BCUT2D eigenvalue weighted by Crippen LogP contribution is 2.12. The van der Waals surface area contributed by atoms with Crippen molar-refractivity contribution in [3.05, 3.63) is 0 Å². The molecular weight excluding hydrogens is 200 g/mol. The van der Waals surface area contributed by atoms with Crippen molar-refractivity contribution < 1.29 is 8.42 Å². The topological polar surface area (TPSA) is 49.4 Å². The van der Waals surface area contributed by atoms with E-state index >= 15 is 0 Å². The molecule has 14 heavy (non-hydrogen) atoms. The quantitative estimate of drug-likeness (QED) is 0.705. The fraction of sp³-hybridized carbons (Fsp3) is 1.00. The van der Waals surface area contributed by atoms with Gasteiger partial charge in [0.2, 0.25) is 10.0 Å². The first-order valence-corrected chi connectivity index (χ1v) is 6.93. The van der Waals surface area contributed by atoms with Crippen molar-refractivity contribution in [1.29, 1.82) is 0 Å². The van der Waals surface area contributed by atoms with Crippen LogP contribution in [0.15, 0.2) is 0 Å². The van der Waals surface area contributed by atoms with Crippen LogP contribution in [0.25, 0.3) is 0 Å². The van der Waals surface area contributed by atoms with E-state index < -0.39 is 10.0 Å². The van der Waals surface area contributed by atoms with Gasteiger partial charge in [-0.1, -0.05) is 20.3 Å². The second kappa shape index (κ2) is 5.09. The van der Waals surface area contributed by atoms with Crippen LogP contribution in [0, 0.1) is 0 Å². The molecular formula is C9H20N2O2S. The van der Waals surface area contributed by atoms with Gasteiger partial charge in [-0.3, -0.25) is 0 Å². The van der Waals surface area contributed by atoms with Crippen LogP contribution in [-0.4, -0.2) is 44.2 Å². The van der Waals surface area contributed by atoms with E-state index in [0.717, 1.165) is 25.9 Å². The Hall–Kier alpha value is -0.130. The summed E-state index contributed by atoms with van der Waals surface area (Å²) < 4.78 is 25.3. The third-order valence-electron chi connectivity index (χ3n) is 2.59. The largest absolute Gasteiger partial charge is 0.313 e. The first-order chi connectivity index (χ1) is 6.61. The second-order valence-electron chi connectivity index (χ2n) is 3.68. The number of likely N-dealkylation sites (N-methyl/N-ethyl adjacent to an activating group) is 1. The molecule has 4 nitrogen and oxygen atoms in total. The van der Waals surface area contributed by atoms with Gasteiger partial charge in [-0.25, -0.2) is 8.42 Å². The lowest BCUT2D eigenvalue weighted by atomic mass is 10.2. The van der Waals surface area contributed by atoms with Crippen molar-refractivity contribution >= 4 is 10.0 Å². The molecule has 0 saturated carbocycles. The van der Waals surface area contributed by atoms with Gasteiger partial charge in [0, 0.05) is 25.7 Å². The number of rotatable bonds is 6.